The summed E-state index contributed by atoms with van der Waals surface area (Å²) < 4.78 is -0.776. The molecular weight excluding hydrogens is 216 g/mol. The minimum absolute atomic E-state index is 0.776. The first kappa shape index (κ1) is 8.27. The Kier molecular flexibility index (Phi) is 1.97. The van der Waals surface area contributed by atoms with Crippen LogP contribution in [0.15, 0.2) is 24.3 Å². The highest BCUT2D eigenvalue weighted by Crippen LogP contribution is 2.39. The summed E-state index contributed by atoms with van der Waals surface area (Å²) >= 11 is 3.35. The molecule has 2 rings (SSSR count). The van der Waals surface area contributed by atoms with E-state index in [1.807, 2.05) is 18.2 Å². The second-order valence-electron chi connectivity index (χ2n) is 3.27. The van der Waals surface area contributed by atoms with Crippen LogP contribution in [0.25, 0.3) is 0 Å². The van der Waals surface area contributed by atoms with Crippen LogP contribution in [-0.4, -0.2) is 5.11 Å². The highest BCUT2D eigenvalue weighted by Gasteiger charge is 2.30. The molecule has 1 unspecified atom stereocenters. The van der Waals surface area contributed by atoms with Crippen molar-refractivity contribution in [3.63, 3.8) is 0 Å². The fraction of sp³-hybridized carbons (Fsp3) is 0.400. The molecule has 0 heterocycles. The molecule has 1 aliphatic rings. The molecule has 0 fully saturated rings. The van der Waals surface area contributed by atoms with Gasteiger partial charge in [-0.25, -0.2) is 0 Å². The first-order valence-corrected chi connectivity index (χ1v) is 4.99. The van der Waals surface area contributed by atoms with Crippen LogP contribution in [0.3, 0.4) is 0 Å². The van der Waals surface area contributed by atoms with Crippen molar-refractivity contribution in [3.8, 4) is 0 Å². The lowest BCUT2D eigenvalue weighted by Crippen LogP contribution is -2.23. The zero-order valence-corrected chi connectivity index (χ0v) is 8.34. The molecule has 1 aliphatic carbocycles. The monoisotopic (exact) mass is 226 g/mol. The van der Waals surface area contributed by atoms with E-state index in [-0.39, 0.29) is 0 Å². The molecule has 12 heavy (non-hydrogen) atoms. The lowest BCUT2D eigenvalue weighted by Gasteiger charge is -2.28. The minimum atomic E-state index is -0.776. The first-order chi connectivity index (χ1) is 5.70. The van der Waals surface area contributed by atoms with E-state index in [4.69, 9.17) is 0 Å². The van der Waals surface area contributed by atoms with Crippen molar-refractivity contribution in [3.05, 3.63) is 35.4 Å². The summed E-state index contributed by atoms with van der Waals surface area (Å²) in [6.07, 6.45) is 2.95. The largest absolute Gasteiger partial charge is 0.375 e. The molecule has 2 heteroatoms. The van der Waals surface area contributed by atoms with Gasteiger partial charge in [0.15, 0.2) is 0 Å². The summed E-state index contributed by atoms with van der Waals surface area (Å²) in [6.45, 7) is 0. The molecule has 0 aromatic heterocycles. The predicted octanol–water partition coefficient (Wildman–Crippen LogP) is 2.56. The average molecular weight is 227 g/mol. The maximum Gasteiger partial charge on any atom is 0.145 e. The molecule has 0 aliphatic heterocycles. The Morgan fingerprint density at radius 1 is 1.33 bits per heavy atom. The van der Waals surface area contributed by atoms with Crippen molar-refractivity contribution in [2.75, 3.05) is 0 Å². The van der Waals surface area contributed by atoms with Crippen LogP contribution < -0.4 is 0 Å². The average Bonchev–Trinajstić information content (AvgIpc) is 2.04. The van der Waals surface area contributed by atoms with Crippen LogP contribution >= 0.6 is 15.9 Å². The number of aliphatic hydroxyl groups is 1. The Morgan fingerprint density at radius 3 is 2.83 bits per heavy atom. The van der Waals surface area contributed by atoms with Gasteiger partial charge in [-0.05, 0) is 46.3 Å². The van der Waals surface area contributed by atoms with Crippen molar-refractivity contribution in [2.24, 2.45) is 0 Å². The number of halogens is 1. The number of aryl methyl sites for hydroxylation is 1. The van der Waals surface area contributed by atoms with Gasteiger partial charge < -0.3 is 5.11 Å². The van der Waals surface area contributed by atoms with Gasteiger partial charge in [-0.15, -0.1) is 0 Å². The highest BCUT2D eigenvalue weighted by atomic mass is 79.9. The normalized spacial score (nSPS) is 28.2. The quantitative estimate of drug-likeness (QED) is 0.675. The van der Waals surface area contributed by atoms with Crippen LogP contribution in [0.5, 0.6) is 0 Å². The van der Waals surface area contributed by atoms with E-state index >= 15 is 0 Å². The molecule has 1 nitrogen and oxygen atoms in total. The standard InChI is InChI=1S/C10H11BrO/c11-10(12)7-3-5-8-4-1-2-6-9(8)10/h1-2,4,6,12H,3,5,7H2. The Morgan fingerprint density at radius 2 is 2.08 bits per heavy atom. The molecule has 1 atom stereocenters. The van der Waals surface area contributed by atoms with Gasteiger partial charge in [-0.2, -0.15) is 0 Å². The maximum absolute atomic E-state index is 9.94. The molecule has 0 spiro atoms. The Labute approximate surface area is 80.5 Å². The lowest BCUT2D eigenvalue weighted by atomic mass is 9.89. The second-order valence-corrected chi connectivity index (χ2v) is 4.58. The number of hydrogen-bond acceptors (Lipinski definition) is 1. The SMILES string of the molecule is OC1(Br)CCCc2ccccc21. The topological polar surface area (TPSA) is 20.2 Å². The molecule has 1 aromatic rings. The number of fused-ring (bicyclic) bond motifs is 1. The third-order valence-corrected chi connectivity index (χ3v) is 3.21. The molecule has 0 radical (unpaired) electrons. The molecule has 1 aromatic carbocycles. The second kappa shape index (κ2) is 2.86. The molecule has 1 N–H and O–H groups in total. The summed E-state index contributed by atoms with van der Waals surface area (Å²) in [5.41, 5.74) is 2.30. The van der Waals surface area contributed by atoms with Crippen molar-refractivity contribution < 1.29 is 5.11 Å². The zero-order valence-electron chi connectivity index (χ0n) is 6.76. The summed E-state index contributed by atoms with van der Waals surface area (Å²) in [6, 6.07) is 8.06. The number of alkyl halides is 1. The van der Waals surface area contributed by atoms with Crippen molar-refractivity contribution in [1.82, 2.24) is 0 Å². The van der Waals surface area contributed by atoms with Gasteiger partial charge >= 0.3 is 0 Å². The van der Waals surface area contributed by atoms with Crippen molar-refractivity contribution in [1.29, 1.82) is 0 Å². The van der Waals surface area contributed by atoms with E-state index in [9.17, 15) is 5.11 Å². The molecular formula is C10H11BrO. The molecule has 64 valence electrons. The van der Waals surface area contributed by atoms with E-state index in [2.05, 4.69) is 22.0 Å². The van der Waals surface area contributed by atoms with E-state index in [0.29, 0.717) is 0 Å². The van der Waals surface area contributed by atoms with E-state index in [1.54, 1.807) is 0 Å². The van der Waals surface area contributed by atoms with Gasteiger partial charge in [0.05, 0.1) is 0 Å². The van der Waals surface area contributed by atoms with Crippen molar-refractivity contribution >= 4 is 15.9 Å². The predicted molar refractivity (Wildman–Crippen MR) is 52.2 cm³/mol. The van der Waals surface area contributed by atoms with Gasteiger partial charge in [0, 0.05) is 0 Å². The maximum atomic E-state index is 9.94. The van der Waals surface area contributed by atoms with Crippen LogP contribution in [0.2, 0.25) is 0 Å². The lowest BCUT2D eigenvalue weighted by molar-refractivity contribution is 0.125. The third-order valence-electron chi connectivity index (χ3n) is 2.38. The highest BCUT2D eigenvalue weighted by molar-refractivity contribution is 9.09. The zero-order chi connectivity index (χ0) is 8.60. The summed E-state index contributed by atoms with van der Waals surface area (Å²) in [7, 11) is 0. The first-order valence-electron chi connectivity index (χ1n) is 4.20. The summed E-state index contributed by atoms with van der Waals surface area (Å²) in [5, 5.41) is 9.94. The Balaban J connectivity index is 2.52. The van der Waals surface area contributed by atoms with Crippen molar-refractivity contribution in [2.45, 2.75) is 23.8 Å². The van der Waals surface area contributed by atoms with Gasteiger partial charge in [0.2, 0.25) is 0 Å². The van der Waals surface area contributed by atoms with E-state index < -0.39 is 4.51 Å². The number of rotatable bonds is 0. The Bertz CT molecular complexity index is 294. The van der Waals surface area contributed by atoms with Gasteiger partial charge in [0.25, 0.3) is 0 Å². The molecule has 0 saturated carbocycles. The fourth-order valence-corrected chi connectivity index (χ4v) is 2.43. The number of benzene rings is 1. The summed E-state index contributed by atoms with van der Waals surface area (Å²) in [5.74, 6) is 0. The van der Waals surface area contributed by atoms with Crippen LogP contribution in [-0.2, 0) is 10.9 Å². The Hall–Kier alpha value is -0.340. The van der Waals surface area contributed by atoms with Gasteiger partial charge in [-0.3, -0.25) is 0 Å². The van der Waals surface area contributed by atoms with Gasteiger partial charge in [-0.1, -0.05) is 24.3 Å². The smallest absolute Gasteiger partial charge is 0.145 e. The fourth-order valence-electron chi connectivity index (χ4n) is 1.76. The van der Waals surface area contributed by atoms with Crippen LogP contribution in [0, 0.1) is 0 Å². The minimum Gasteiger partial charge on any atom is -0.375 e. The van der Waals surface area contributed by atoms with Crippen LogP contribution in [0.1, 0.15) is 24.0 Å². The summed E-state index contributed by atoms with van der Waals surface area (Å²) in [4.78, 5) is 0. The van der Waals surface area contributed by atoms with E-state index in [0.717, 1.165) is 24.8 Å². The molecule has 0 bridgehead atoms. The van der Waals surface area contributed by atoms with E-state index in [1.165, 1.54) is 5.56 Å². The van der Waals surface area contributed by atoms with Gasteiger partial charge in [0.1, 0.15) is 4.51 Å². The molecule has 0 amide bonds. The molecule has 0 saturated heterocycles. The number of hydrogen-bond donors (Lipinski definition) is 1. The third kappa shape index (κ3) is 1.29. The van der Waals surface area contributed by atoms with Crippen LogP contribution in [0.4, 0.5) is 0 Å².